The summed E-state index contributed by atoms with van der Waals surface area (Å²) in [6, 6.07) is 0. The molecular formula is C17H39NO4P2. The van der Waals surface area contributed by atoms with Gasteiger partial charge in [0.05, 0.1) is 0 Å². The van der Waals surface area contributed by atoms with Gasteiger partial charge in [-0.3, -0.25) is 0 Å². The maximum atomic E-state index is 5.78. The number of nitrogens with two attached hydrogens (primary N) is 1. The van der Waals surface area contributed by atoms with Crippen molar-refractivity contribution in [3.05, 3.63) is 0 Å². The first kappa shape index (κ1) is 24.7. The predicted octanol–water partition coefficient (Wildman–Crippen LogP) is 3.11. The van der Waals surface area contributed by atoms with Crippen LogP contribution in [0.5, 0.6) is 0 Å². The molecule has 0 heterocycles. The minimum atomic E-state index is -0.0402. The summed E-state index contributed by atoms with van der Waals surface area (Å²) in [5.41, 5.74) is 5.78. The van der Waals surface area contributed by atoms with Crippen molar-refractivity contribution in [3.63, 3.8) is 0 Å². The molecular weight excluding hydrogens is 344 g/mol. The Kier molecular flexibility index (Phi) is 19.0. The van der Waals surface area contributed by atoms with Crippen LogP contribution in [0.3, 0.4) is 0 Å². The molecule has 0 spiro atoms. The van der Waals surface area contributed by atoms with E-state index in [9.17, 15) is 0 Å². The summed E-state index contributed by atoms with van der Waals surface area (Å²) >= 11 is 0. The zero-order valence-corrected chi connectivity index (χ0v) is 18.0. The fourth-order valence-corrected chi connectivity index (χ4v) is 5.24. The van der Waals surface area contributed by atoms with Gasteiger partial charge in [0.1, 0.15) is 0 Å². The monoisotopic (exact) mass is 383 g/mol. The number of hydrogen-bond donors (Lipinski definition) is 1. The molecule has 2 unspecified atom stereocenters. The minimum Gasteiger partial charge on any atom is -0.356 e. The standard InChI is InChI=1S/C17H39NO4P2/c1-19-16(20-2)8-13-23-11-6-15(5-10-18)7-12-24-14-9-17(21-3)22-4/h15-17,23-24H,5-14,18H2,1-4H3. The van der Waals surface area contributed by atoms with E-state index in [1.54, 1.807) is 28.4 Å². The van der Waals surface area contributed by atoms with Crippen molar-refractivity contribution in [1.82, 2.24) is 0 Å². The summed E-state index contributed by atoms with van der Waals surface area (Å²) < 4.78 is 20.9. The maximum Gasteiger partial charge on any atom is 0.157 e. The van der Waals surface area contributed by atoms with Crippen molar-refractivity contribution in [1.29, 1.82) is 0 Å². The molecule has 0 aliphatic carbocycles. The Morgan fingerprint density at radius 3 is 1.33 bits per heavy atom. The third-order valence-electron chi connectivity index (χ3n) is 4.20. The molecule has 0 aliphatic heterocycles. The number of ether oxygens (including phenoxy) is 4. The molecule has 0 bridgehead atoms. The fourth-order valence-electron chi connectivity index (χ4n) is 2.63. The lowest BCUT2D eigenvalue weighted by molar-refractivity contribution is -0.102. The molecule has 0 radical (unpaired) electrons. The van der Waals surface area contributed by atoms with Crippen LogP contribution in [0.15, 0.2) is 0 Å². The largest absolute Gasteiger partial charge is 0.356 e. The zero-order valence-electron chi connectivity index (χ0n) is 16.0. The molecule has 2 N–H and O–H groups in total. The highest BCUT2D eigenvalue weighted by molar-refractivity contribution is 7.38. The Hall–Kier alpha value is 0.660. The quantitative estimate of drug-likeness (QED) is 0.224. The smallest absolute Gasteiger partial charge is 0.157 e. The number of methoxy groups -OCH3 is 4. The first-order chi connectivity index (χ1) is 11.7. The van der Waals surface area contributed by atoms with E-state index >= 15 is 0 Å². The van der Waals surface area contributed by atoms with Gasteiger partial charge in [0.2, 0.25) is 0 Å². The summed E-state index contributed by atoms with van der Waals surface area (Å²) in [7, 11) is 8.82. The Labute approximate surface area is 152 Å². The van der Waals surface area contributed by atoms with Crippen LogP contribution in [0, 0.1) is 5.92 Å². The summed E-state index contributed by atoms with van der Waals surface area (Å²) in [6.45, 7) is 0.807. The lowest BCUT2D eigenvalue weighted by Gasteiger charge is -2.17. The van der Waals surface area contributed by atoms with Gasteiger partial charge in [-0.2, -0.15) is 0 Å². The van der Waals surface area contributed by atoms with Crippen LogP contribution in [0.1, 0.15) is 32.1 Å². The molecule has 7 heteroatoms. The molecule has 0 aromatic heterocycles. The Balaban J connectivity index is 3.70. The molecule has 146 valence electrons. The molecule has 0 amide bonds. The van der Waals surface area contributed by atoms with Crippen LogP contribution in [-0.4, -0.2) is 72.2 Å². The van der Waals surface area contributed by atoms with Gasteiger partial charge in [-0.25, -0.2) is 0 Å². The van der Waals surface area contributed by atoms with Crippen molar-refractivity contribution < 1.29 is 18.9 Å². The summed E-state index contributed by atoms with van der Waals surface area (Å²) in [6.07, 6.45) is 10.7. The SMILES string of the molecule is COC(CCPCCC(CCN)CCPCCC(OC)OC)OC. The van der Waals surface area contributed by atoms with Gasteiger partial charge < -0.3 is 24.7 Å². The van der Waals surface area contributed by atoms with Crippen LogP contribution in [0.2, 0.25) is 0 Å². The van der Waals surface area contributed by atoms with Gasteiger partial charge in [-0.1, -0.05) is 0 Å². The Morgan fingerprint density at radius 1 is 0.625 bits per heavy atom. The van der Waals surface area contributed by atoms with E-state index < -0.39 is 0 Å². The first-order valence-corrected chi connectivity index (χ1v) is 11.8. The molecule has 5 nitrogen and oxygen atoms in total. The second-order valence-electron chi connectivity index (χ2n) is 5.90. The lowest BCUT2D eigenvalue weighted by atomic mass is 10.00. The van der Waals surface area contributed by atoms with Crippen molar-refractivity contribution in [2.24, 2.45) is 11.7 Å². The van der Waals surface area contributed by atoms with Crippen LogP contribution < -0.4 is 5.73 Å². The molecule has 0 aliphatic rings. The van der Waals surface area contributed by atoms with Crippen molar-refractivity contribution in [3.8, 4) is 0 Å². The topological polar surface area (TPSA) is 62.9 Å². The van der Waals surface area contributed by atoms with E-state index in [0.29, 0.717) is 0 Å². The first-order valence-electron chi connectivity index (χ1n) is 8.94. The highest BCUT2D eigenvalue weighted by Gasteiger charge is 2.09. The summed E-state index contributed by atoms with van der Waals surface area (Å²) in [5.74, 6) is 0.788. The highest BCUT2D eigenvalue weighted by Crippen LogP contribution is 2.25. The van der Waals surface area contributed by atoms with Crippen molar-refractivity contribution in [2.75, 3.05) is 59.6 Å². The number of rotatable bonds is 18. The van der Waals surface area contributed by atoms with E-state index in [-0.39, 0.29) is 12.6 Å². The van der Waals surface area contributed by atoms with Crippen LogP contribution in [0.4, 0.5) is 0 Å². The van der Waals surface area contributed by atoms with Crippen molar-refractivity contribution in [2.45, 2.75) is 44.7 Å². The van der Waals surface area contributed by atoms with Gasteiger partial charge in [0.25, 0.3) is 0 Å². The second-order valence-corrected chi connectivity index (χ2v) is 8.90. The summed E-state index contributed by atoms with van der Waals surface area (Å²) in [5, 5.41) is 0. The third-order valence-corrected chi connectivity index (χ3v) is 6.77. The molecule has 24 heavy (non-hydrogen) atoms. The van der Waals surface area contributed by atoms with Crippen LogP contribution >= 0.6 is 17.2 Å². The van der Waals surface area contributed by atoms with Gasteiger partial charge in [-0.15, -0.1) is 17.2 Å². The van der Waals surface area contributed by atoms with E-state index in [1.165, 1.54) is 37.5 Å². The van der Waals surface area contributed by atoms with E-state index in [2.05, 4.69) is 0 Å². The van der Waals surface area contributed by atoms with Gasteiger partial charge in [0.15, 0.2) is 12.6 Å². The van der Waals surface area contributed by atoms with Crippen molar-refractivity contribution >= 4 is 17.2 Å². The van der Waals surface area contributed by atoms with Crippen LogP contribution in [-0.2, 0) is 18.9 Å². The zero-order chi connectivity index (χ0) is 18.0. The highest BCUT2D eigenvalue weighted by atomic mass is 31.1. The summed E-state index contributed by atoms with van der Waals surface area (Å²) in [4.78, 5) is 0. The van der Waals surface area contributed by atoms with Crippen LogP contribution in [0.25, 0.3) is 0 Å². The molecule has 0 saturated carbocycles. The van der Waals surface area contributed by atoms with E-state index in [1.807, 2.05) is 0 Å². The number of hydrogen-bond acceptors (Lipinski definition) is 5. The molecule has 0 aromatic rings. The minimum absolute atomic E-state index is 0.0402. The van der Waals surface area contributed by atoms with Gasteiger partial charge in [0, 0.05) is 41.3 Å². The molecule has 0 fully saturated rings. The molecule has 0 rings (SSSR count). The normalized spacial score (nSPS) is 14.1. The average molecular weight is 383 g/mol. The predicted molar refractivity (Wildman–Crippen MR) is 107 cm³/mol. The second kappa shape index (κ2) is 18.5. The Morgan fingerprint density at radius 2 is 1.00 bits per heavy atom. The van der Waals surface area contributed by atoms with Gasteiger partial charge in [-0.05, 0) is 56.4 Å². The Bertz CT molecular complexity index is 233. The fraction of sp³-hybridized carbons (Fsp3) is 1.00. The van der Waals surface area contributed by atoms with Gasteiger partial charge >= 0.3 is 0 Å². The molecule has 0 aromatic carbocycles. The average Bonchev–Trinajstić information content (AvgIpc) is 2.61. The van der Waals surface area contributed by atoms with E-state index in [4.69, 9.17) is 24.7 Å². The molecule has 0 saturated heterocycles. The molecule has 2 atom stereocenters. The lowest BCUT2D eigenvalue weighted by Crippen LogP contribution is -2.14. The maximum absolute atomic E-state index is 5.78. The van der Waals surface area contributed by atoms with E-state index in [0.717, 1.165) is 48.9 Å². The third kappa shape index (κ3) is 13.9.